The number of aromatic hydroxyl groups is 15. The summed E-state index contributed by atoms with van der Waals surface area (Å²) in [6.07, 6.45) is -12.7. The number of carbonyl (C=O) groups excluding carboxylic acids is 4. The smallest absolute Gasteiger partial charge is 0.345 e. The number of esters is 4. The first-order valence-electron chi connectivity index (χ1n) is 21.6. The first kappa shape index (κ1) is 48.3. The molecule has 0 radical (unpaired) electrons. The summed E-state index contributed by atoms with van der Waals surface area (Å²) in [6, 6.07) is 2.18. The zero-order chi connectivity index (χ0) is 55.4. The van der Waals surface area contributed by atoms with Crippen LogP contribution in [-0.2, 0) is 23.7 Å². The number of hydrogen-bond acceptors (Lipinski definition) is 29. The van der Waals surface area contributed by atoms with Gasteiger partial charge in [0.2, 0.25) is 28.7 Å². The quantitative estimate of drug-likeness (QED) is 0.0340. The van der Waals surface area contributed by atoms with Crippen molar-refractivity contribution in [1.29, 1.82) is 0 Å². The van der Waals surface area contributed by atoms with Gasteiger partial charge < -0.3 is 114 Å². The van der Waals surface area contributed by atoms with Gasteiger partial charge in [-0.25, -0.2) is 28.8 Å². The molecule has 29 nitrogen and oxygen atoms in total. The zero-order valence-corrected chi connectivity index (χ0v) is 37.4. The van der Waals surface area contributed by atoms with E-state index in [1.54, 1.807) is 0 Å². The molecule has 0 spiro atoms. The van der Waals surface area contributed by atoms with Crippen molar-refractivity contribution in [3.05, 3.63) is 73.4 Å². The lowest BCUT2D eigenvalue weighted by molar-refractivity contribution is -0.284. The van der Waals surface area contributed by atoms with Gasteiger partial charge >= 0.3 is 35.1 Å². The second-order valence-electron chi connectivity index (χ2n) is 17.3. The predicted molar refractivity (Wildman–Crippen MR) is 244 cm³/mol. The number of phenolic OH excluding ortho intramolecular Hbond substituents is 15. The van der Waals surface area contributed by atoms with Crippen LogP contribution in [0.3, 0.4) is 0 Å². The normalized spacial score (nSPS) is 19.4. The monoisotopic (exact) mass is 1070 g/mol. The number of benzene rings is 6. The second kappa shape index (κ2) is 16.3. The van der Waals surface area contributed by atoms with Gasteiger partial charge in [0, 0.05) is 50.2 Å². The molecule has 3 aliphatic heterocycles. The third kappa shape index (κ3) is 6.60. The summed E-state index contributed by atoms with van der Waals surface area (Å²) in [5.41, 5.74) is -16.3. The number of ether oxygens (including phenoxy) is 5. The highest BCUT2D eigenvalue weighted by molar-refractivity contribution is 6.28. The van der Waals surface area contributed by atoms with Crippen molar-refractivity contribution in [1.82, 2.24) is 0 Å². The molecule has 1 fully saturated rings. The molecule has 2 aromatic heterocycles. The Balaban J connectivity index is 1.21. The van der Waals surface area contributed by atoms with Crippen molar-refractivity contribution in [3.63, 3.8) is 0 Å². The highest BCUT2D eigenvalue weighted by atomic mass is 16.7. The molecule has 8 aromatic rings. The van der Waals surface area contributed by atoms with Crippen molar-refractivity contribution in [3.8, 4) is 120 Å². The van der Waals surface area contributed by atoms with E-state index in [1.165, 1.54) is 0 Å². The fourth-order valence-corrected chi connectivity index (χ4v) is 9.67. The van der Waals surface area contributed by atoms with Crippen molar-refractivity contribution in [2.24, 2.45) is 0 Å². The number of phenols is 15. The summed E-state index contributed by atoms with van der Waals surface area (Å²) in [6.45, 7) is -1.41. The fraction of sp³-hybridized carbons (Fsp3) is 0.125. The van der Waals surface area contributed by atoms with E-state index in [-0.39, 0.29) is 0 Å². The standard InChI is InChI=1S/C48H28O29/c49-11-5-16-23-25-27(46(68)72-16)24-21-10(4-15(53)31(57)35(21)61)43(65)74-38-17(6-71-42(64)7-1-12(50)30(56)34(60)20(7)22(11)26(23)47(69)75-39(25)37(63)36(24)62)73-48(70)41-40(38)76-44(66)8-2-13(51)28(54)32(58)18(8)19-9(45(67)77-41)3-14(52)29(55)33(19)59/h1-5,17,38,40-41,48-63,70H,6H2. The molecular weight excluding hydrogens is 1040 g/mol. The van der Waals surface area contributed by atoms with E-state index < -0.39 is 247 Å². The van der Waals surface area contributed by atoms with E-state index in [4.69, 9.17) is 32.5 Å². The largest absolute Gasteiger partial charge is 0.507 e. The van der Waals surface area contributed by atoms with Crippen LogP contribution < -0.4 is 11.3 Å². The topological polar surface area (TPSA) is 499 Å². The van der Waals surface area contributed by atoms with Gasteiger partial charge in [0.25, 0.3) is 0 Å². The Hall–Kier alpha value is -10.9. The summed E-state index contributed by atoms with van der Waals surface area (Å²) in [5.74, 6) is -28.5. The van der Waals surface area contributed by atoms with Crippen molar-refractivity contribution in [2.45, 2.75) is 30.7 Å². The molecule has 6 aromatic carbocycles. The van der Waals surface area contributed by atoms with E-state index >= 15 is 0 Å². The maximum atomic E-state index is 15.0. The Morgan fingerprint density at radius 2 is 0.753 bits per heavy atom. The van der Waals surface area contributed by atoms with Gasteiger partial charge in [0.15, 0.2) is 81.9 Å². The molecule has 77 heavy (non-hydrogen) atoms. The van der Waals surface area contributed by atoms with Gasteiger partial charge in [-0.2, -0.15) is 0 Å². The fourth-order valence-electron chi connectivity index (χ4n) is 9.67. The molecule has 5 unspecified atom stereocenters. The van der Waals surface area contributed by atoms with Crippen molar-refractivity contribution in [2.75, 3.05) is 6.61 Å². The van der Waals surface area contributed by atoms with E-state index in [0.29, 0.717) is 30.3 Å². The van der Waals surface area contributed by atoms with Gasteiger partial charge in [0.05, 0.1) is 33.0 Å². The number of cyclic esters (lactones) is 1. The van der Waals surface area contributed by atoms with Crippen LogP contribution in [0.1, 0.15) is 41.4 Å². The summed E-state index contributed by atoms with van der Waals surface area (Å²) in [7, 11) is 0. The van der Waals surface area contributed by atoms with Crippen LogP contribution in [-0.4, -0.2) is 143 Å². The molecule has 0 saturated carbocycles. The van der Waals surface area contributed by atoms with E-state index in [9.17, 15) is 110 Å². The highest BCUT2D eigenvalue weighted by Crippen LogP contribution is 2.58. The Bertz CT molecular complexity index is 4190. The number of carbonyl (C=O) groups is 4. The highest BCUT2D eigenvalue weighted by Gasteiger charge is 2.54. The third-order valence-electron chi connectivity index (χ3n) is 13.1. The Labute approximate surface area is 419 Å². The summed E-state index contributed by atoms with van der Waals surface area (Å²) < 4.78 is 38.8. The number of aliphatic hydroxyl groups excluding tert-OH is 1. The van der Waals surface area contributed by atoms with Crippen LogP contribution in [0.15, 0.2) is 48.8 Å². The van der Waals surface area contributed by atoms with Crippen LogP contribution in [0.4, 0.5) is 0 Å². The number of rotatable bonds is 0. The molecule has 16 N–H and O–H groups in total. The first-order chi connectivity index (χ1) is 36.3. The van der Waals surface area contributed by atoms with Crippen LogP contribution in [0.5, 0.6) is 86.2 Å². The minimum absolute atomic E-state index is 0.329. The molecule has 6 bridgehead atoms. The van der Waals surface area contributed by atoms with Gasteiger partial charge in [-0.15, -0.1) is 0 Å². The SMILES string of the molecule is O=C1OC2C(O)OC3COC(=O)c4cc(O)c(O)c(O)c4-c4c(O)cc5oc(=O)c6c(c(O)c(O)c7oc(=O)c4c5c76)-c4c(cc(O)c(O)c4O)C(=O)OC3C2OC(=O)c2cc(O)c(O)c(O)c2-c2c1cc(O)c(O)c2O. The average Bonchev–Trinajstić information content (AvgIpc) is 3.37. The zero-order valence-electron chi connectivity index (χ0n) is 37.4. The summed E-state index contributed by atoms with van der Waals surface area (Å²) >= 11 is 0. The maximum absolute atomic E-state index is 15.0. The molecule has 3 aliphatic rings. The van der Waals surface area contributed by atoms with Crippen molar-refractivity contribution < 1.29 is 133 Å². The Kier molecular flexibility index (Phi) is 10.2. The van der Waals surface area contributed by atoms with Gasteiger partial charge in [-0.05, 0) is 24.3 Å². The molecule has 0 aliphatic carbocycles. The van der Waals surface area contributed by atoms with Crippen LogP contribution in [0, 0.1) is 0 Å². The first-order valence-corrected chi connectivity index (χ1v) is 21.6. The minimum atomic E-state index is -2.67. The van der Waals surface area contributed by atoms with E-state index in [0.717, 1.165) is 0 Å². The molecule has 11 rings (SSSR count). The minimum Gasteiger partial charge on any atom is -0.507 e. The molecule has 5 atom stereocenters. The average molecular weight is 1070 g/mol. The molecular formula is C48H28O29. The number of fused-ring (bicyclic) bond motifs is 10. The van der Waals surface area contributed by atoms with Gasteiger partial charge in [-0.3, -0.25) is 0 Å². The molecule has 5 heterocycles. The lowest BCUT2D eigenvalue weighted by Gasteiger charge is -2.43. The van der Waals surface area contributed by atoms with Gasteiger partial charge in [-0.1, -0.05) is 0 Å². The molecule has 0 amide bonds. The predicted octanol–water partition coefficient (Wildman–Crippen LogP) is 2.25. The van der Waals surface area contributed by atoms with Gasteiger partial charge in [0.1, 0.15) is 24.0 Å². The summed E-state index contributed by atoms with van der Waals surface area (Å²) in [4.78, 5) is 86.5. The van der Waals surface area contributed by atoms with Crippen LogP contribution in [0.2, 0.25) is 0 Å². The van der Waals surface area contributed by atoms with E-state index in [1.807, 2.05) is 0 Å². The molecule has 1 saturated heterocycles. The number of aliphatic hydroxyl groups is 1. The second-order valence-corrected chi connectivity index (χ2v) is 17.3. The lowest BCUT2D eigenvalue weighted by Crippen LogP contribution is -2.62. The van der Waals surface area contributed by atoms with Crippen molar-refractivity contribution >= 4 is 56.6 Å². The Morgan fingerprint density at radius 1 is 0.364 bits per heavy atom. The van der Waals surface area contributed by atoms with E-state index in [2.05, 4.69) is 0 Å². The summed E-state index contributed by atoms with van der Waals surface area (Å²) in [5, 5.41) is 174. The van der Waals surface area contributed by atoms with Crippen LogP contribution in [0.25, 0.3) is 66.1 Å². The third-order valence-corrected chi connectivity index (χ3v) is 13.1. The molecule has 394 valence electrons. The number of hydrogen-bond donors (Lipinski definition) is 16. The maximum Gasteiger partial charge on any atom is 0.345 e. The Morgan fingerprint density at radius 3 is 1.25 bits per heavy atom. The molecule has 29 heteroatoms. The lowest BCUT2D eigenvalue weighted by atomic mass is 9.88. The van der Waals surface area contributed by atoms with Crippen LogP contribution >= 0.6 is 0 Å².